The van der Waals surface area contributed by atoms with E-state index in [9.17, 15) is 54.1 Å². The Balaban J connectivity index is 0.000000173. The summed E-state index contributed by atoms with van der Waals surface area (Å²) in [6.07, 6.45) is -0.736. The van der Waals surface area contributed by atoms with Crippen LogP contribution >= 0.6 is 15.9 Å². The van der Waals surface area contributed by atoms with Gasteiger partial charge in [-0.1, -0.05) is 12.7 Å². The number of fused-ring (bicyclic) bond motifs is 1. The SMILES string of the molecule is C=C1CC2(O)c3c(ccc(F)c31)C(F)(F)C2(F)F.C=CCC1(O)c2c(ccc(F)c2Br)C(F)(F)C1(F)F. The van der Waals surface area contributed by atoms with E-state index in [1.807, 2.05) is 0 Å². The van der Waals surface area contributed by atoms with Crippen LogP contribution in [-0.4, -0.2) is 22.1 Å². The van der Waals surface area contributed by atoms with Crippen LogP contribution in [0.1, 0.15) is 40.7 Å². The highest BCUT2D eigenvalue weighted by Gasteiger charge is 2.78. The van der Waals surface area contributed by atoms with E-state index in [1.165, 1.54) is 0 Å². The van der Waals surface area contributed by atoms with E-state index in [4.69, 9.17) is 0 Å². The maximum Gasteiger partial charge on any atom is 0.346 e. The molecule has 2 atom stereocenters. The lowest BCUT2D eigenvalue weighted by atomic mass is 9.89. The van der Waals surface area contributed by atoms with Crippen molar-refractivity contribution in [1.82, 2.24) is 0 Å². The Morgan fingerprint density at radius 1 is 0.811 bits per heavy atom. The zero-order chi connectivity index (χ0) is 28.1. The van der Waals surface area contributed by atoms with Crippen molar-refractivity contribution in [1.29, 1.82) is 0 Å². The Hall–Kier alpha value is -2.38. The van der Waals surface area contributed by atoms with Crippen LogP contribution in [0, 0.1) is 11.6 Å². The van der Waals surface area contributed by atoms with Gasteiger partial charge in [0, 0.05) is 40.7 Å². The molecule has 2 aromatic rings. The van der Waals surface area contributed by atoms with Gasteiger partial charge in [-0.15, -0.1) is 6.58 Å². The Labute approximate surface area is 211 Å². The van der Waals surface area contributed by atoms with E-state index in [0.717, 1.165) is 6.08 Å². The smallest absolute Gasteiger partial charge is 0.346 e. The minimum absolute atomic E-state index is 0.0953. The number of hydrogen-bond donors (Lipinski definition) is 2. The van der Waals surface area contributed by atoms with Gasteiger partial charge in [0.05, 0.1) is 4.47 Å². The summed E-state index contributed by atoms with van der Waals surface area (Å²) < 4.78 is 136. The second kappa shape index (κ2) is 7.82. The second-order valence-electron chi connectivity index (χ2n) is 8.92. The lowest BCUT2D eigenvalue weighted by molar-refractivity contribution is -0.285. The van der Waals surface area contributed by atoms with Gasteiger partial charge >= 0.3 is 23.7 Å². The van der Waals surface area contributed by atoms with Gasteiger partial charge in [0.25, 0.3) is 0 Å². The standard InChI is InChI=1S/C12H8BrF5O.C12H7F5O/c1-2-5-10(19)8-6(3-4-7(14)9(8)13)11(15,16)12(10,17)18;1-5-4-10(18)9-6(2-3-7(13)8(5)9)11(14,15)12(10,16)17/h2-4,19H,1,5H2;2-3,18H,1,4H2. The number of aliphatic hydroxyl groups is 2. The molecule has 200 valence electrons. The quantitative estimate of drug-likeness (QED) is 0.280. The van der Waals surface area contributed by atoms with Gasteiger partial charge in [-0.25, -0.2) is 8.78 Å². The third kappa shape index (κ3) is 3.07. The van der Waals surface area contributed by atoms with Gasteiger partial charge in [0.2, 0.25) is 0 Å². The number of rotatable bonds is 2. The zero-order valence-electron chi connectivity index (χ0n) is 18.3. The highest BCUT2D eigenvalue weighted by atomic mass is 79.9. The van der Waals surface area contributed by atoms with Crippen LogP contribution in [0.15, 0.2) is 48.0 Å². The molecule has 0 aromatic heterocycles. The molecule has 0 heterocycles. The Bertz CT molecular complexity index is 1360. The largest absolute Gasteiger partial charge is 0.378 e. The van der Waals surface area contributed by atoms with Crippen molar-refractivity contribution in [2.45, 2.75) is 47.7 Å². The number of halogens is 11. The molecule has 0 spiro atoms. The molecule has 2 N–H and O–H groups in total. The summed E-state index contributed by atoms with van der Waals surface area (Å²) in [4.78, 5) is 0. The van der Waals surface area contributed by atoms with Gasteiger partial charge in [0.1, 0.15) is 11.6 Å². The lowest BCUT2D eigenvalue weighted by Crippen LogP contribution is -2.48. The molecule has 13 heteroatoms. The number of alkyl halides is 8. The average Bonchev–Trinajstić information content (AvgIpc) is 3.17. The fourth-order valence-corrected chi connectivity index (χ4v) is 5.71. The summed E-state index contributed by atoms with van der Waals surface area (Å²) >= 11 is 2.64. The summed E-state index contributed by atoms with van der Waals surface area (Å²) in [6, 6.07) is 2.50. The van der Waals surface area contributed by atoms with Crippen molar-refractivity contribution < 1.29 is 54.1 Å². The molecule has 2 nitrogen and oxygen atoms in total. The van der Waals surface area contributed by atoms with E-state index in [-0.39, 0.29) is 5.57 Å². The van der Waals surface area contributed by atoms with Crippen molar-refractivity contribution in [3.05, 3.63) is 87.4 Å². The topological polar surface area (TPSA) is 40.5 Å². The molecule has 3 aliphatic carbocycles. The Morgan fingerprint density at radius 2 is 1.30 bits per heavy atom. The van der Waals surface area contributed by atoms with E-state index in [1.54, 1.807) is 0 Å². The lowest BCUT2D eigenvalue weighted by Gasteiger charge is -2.31. The van der Waals surface area contributed by atoms with Crippen molar-refractivity contribution >= 4 is 21.5 Å². The minimum atomic E-state index is -4.76. The van der Waals surface area contributed by atoms with Crippen molar-refractivity contribution in [3.63, 3.8) is 0 Å². The van der Waals surface area contributed by atoms with Crippen LogP contribution < -0.4 is 0 Å². The van der Waals surface area contributed by atoms with Gasteiger partial charge in [0.15, 0.2) is 11.2 Å². The molecular formula is C24H15BrF10O2. The summed E-state index contributed by atoms with van der Waals surface area (Å²) in [7, 11) is 0. The van der Waals surface area contributed by atoms with E-state index < -0.39 is 91.7 Å². The molecule has 0 radical (unpaired) electrons. The molecule has 37 heavy (non-hydrogen) atoms. The van der Waals surface area contributed by atoms with Gasteiger partial charge < -0.3 is 10.2 Å². The molecule has 5 rings (SSSR count). The first kappa shape index (κ1) is 27.6. The Morgan fingerprint density at radius 3 is 1.84 bits per heavy atom. The fourth-order valence-electron chi connectivity index (χ4n) is 5.04. The molecule has 2 unspecified atom stereocenters. The summed E-state index contributed by atoms with van der Waals surface area (Å²) in [5, 5.41) is 19.9. The molecule has 0 saturated carbocycles. The highest BCUT2D eigenvalue weighted by molar-refractivity contribution is 9.10. The van der Waals surface area contributed by atoms with Gasteiger partial charge in [-0.05, 0) is 45.8 Å². The van der Waals surface area contributed by atoms with Gasteiger partial charge in [-0.2, -0.15) is 35.1 Å². The predicted octanol–water partition coefficient (Wildman–Crippen LogP) is 7.26. The van der Waals surface area contributed by atoms with Crippen LogP contribution in [0.4, 0.5) is 43.9 Å². The molecule has 0 aliphatic heterocycles. The van der Waals surface area contributed by atoms with E-state index >= 15 is 0 Å². The van der Waals surface area contributed by atoms with Crippen LogP contribution in [-0.2, 0) is 23.0 Å². The first-order valence-corrected chi connectivity index (χ1v) is 11.1. The van der Waals surface area contributed by atoms with E-state index in [2.05, 4.69) is 29.1 Å². The first-order valence-electron chi connectivity index (χ1n) is 10.3. The fraction of sp³-hybridized carbons (Fsp3) is 0.333. The van der Waals surface area contributed by atoms with Crippen LogP contribution in [0.5, 0.6) is 0 Å². The molecule has 0 amide bonds. The minimum Gasteiger partial charge on any atom is -0.378 e. The van der Waals surface area contributed by atoms with Gasteiger partial charge in [-0.3, -0.25) is 0 Å². The number of benzene rings is 2. The maximum absolute atomic E-state index is 13.9. The third-order valence-electron chi connectivity index (χ3n) is 6.84. The molecule has 2 aromatic carbocycles. The van der Waals surface area contributed by atoms with Crippen molar-refractivity contribution in [2.75, 3.05) is 0 Å². The van der Waals surface area contributed by atoms with Crippen LogP contribution in [0.2, 0.25) is 0 Å². The molecule has 0 bridgehead atoms. The van der Waals surface area contributed by atoms with Crippen molar-refractivity contribution in [2.24, 2.45) is 0 Å². The third-order valence-corrected chi connectivity index (χ3v) is 7.62. The highest BCUT2D eigenvalue weighted by Crippen LogP contribution is 2.67. The zero-order valence-corrected chi connectivity index (χ0v) is 19.9. The molecule has 0 fully saturated rings. The summed E-state index contributed by atoms with van der Waals surface area (Å²) in [5.41, 5.74) is -10.4. The van der Waals surface area contributed by atoms with Crippen LogP contribution in [0.25, 0.3) is 5.57 Å². The van der Waals surface area contributed by atoms with Crippen molar-refractivity contribution in [3.8, 4) is 0 Å². The molecular weight excluding hydrogens is 590 g/mol. The van der Waals surface area contributed by atoms with E-state index in [0.29, 0.717) is 24.3 Å². The normalized spacial score (nSPS) is 28.8. The predicted molar refractivity (Wildman–Crippen MR) is 114 cm³/mol. The summed E-state index contributed by atoms with van der Waals surface area (Å²) in [6.45, 7) is 6.52. The average molecular weight is 605 g/mol. The van der Waals surface area contributed by atoms with Crippen LogP contribution in [0.3, 0.4) is 0 Å². The second-order valence-corrected chi connectivity index (χ2v) is 9.71. The molecule has 0 saturated heterocycles. The first-order chi connectivity index (χ1) is 16.8. The monoisotopic (exact) mass is 604 g/mol. The molecule has 3 aliphatic rings. The Kier molecular flexibility index (Phi) is 5.85. The summed E-state index contributed by atoms with van der Waals surface area (Å²) in [5.74, 6) is -20.5. The maximum atomic E-state index is 13.9. The number of hydrogen-bond acceptors (Lipinski definition) is 2.